The Kier molecular flexibility index (Phi) is 7.07. The van der Waals surface area contributed by atoms with Gasteiger partial charge < -0.3 is 5.11 Å². The van der Waals surface area contributed by atoms with E-state index >= 15 is 0 Å². The molecule has 0 unspecified atom stereocenters. The van der Waals surface area contributed by atoms with Crippen LogP contribution in [0.3, 0.4) is 0 Å². The fourth-order valence-electron chi connectivity index (χ4n) is 0. The van der Waals surface area contributed by atoms with E-state index in [1.807, 2.05) is 0 Å². The van der Waals surface area contributed by atoms with Gasteiger partial charge in [-0.3, -0.25) is 4.79 Å². The highest BCUT2D eigenvalue weighted by Crippen LogP contribution is 1.55. The molecule has 0 bridgehead atoms. The standard InChI is InChI=1S/C3H6O2.C/c1-3(5)2-4;/h4H,2H2,1H3;. The van der Waals surface area contributed by atoms with Crippen LogP contribution in [0.2, 0.25) is 0 Å². The highest BCUT2D eigenvalue weighted by molar-refractivity contribution is 5.76. The molecule has 0 heterocycles. The van der Waals surface area contributed by atoms with Crippen LogP contribution in [0.15, 0.2) is 0 Å². The molecule has 34 valence electrons. The molecule has 1 N–H and O–H groups in total. The predicted molar refractivity (Wildman–Crippen MR) is 21.0 cm³/mol. The van der Waals surface area contributed by atoms with Crippen molar-refractivity contribution in [2.75, 3.05) is 6.61 Å². The van der Waals surface area contributed by atoms with Crippen molar-refractivity contribution < 1.29 is 9.90 Å². The summed E-state index contributed by atoms with van der Waals surface area (Å²) < 4.78 is 0. The second-order valence-electron chi connectivity index (χ2n) is 0.860. The van der Waals surface area contributed by atoms with Gasteiger partial charge in [0.1, 0.15) is 6.61 Å². The molecule has 6 heavy (non-hydrogen) atoms. The monoisotopic (exact) mass is 86.0 g/mol. The van der Waals surface area contributed by atoms with E-state index < -0.39 is 0 Å². The minimum atomic E-state index is -0.333. The molecule has 0 aliphatic carbocycles. The van der Waals surface area contributed by atoms with Gasteiger partial charge in [-0.2, -0.15) is 0 Å². The summed E-state index contributed by atoms with van der Waals surface area (Å²) in [5, 5.41) is 7.79. The van der Waals surface area contributed by atoms with Gasteiger partial charge in [0.05, 0.1) is 0 Å². The number of carbonyl (C=O) groups excluding carboxylic acids is 1. The molecule has 4 radical (unpaired) electrons. The lowest BCUT2D eigenvalue weighted by Gasteiger charge is -1.72. The quantitative estimate of drug-likeness (QED) is 0.473. The van der Waals surface area contributed by atoms with E-state index in [0.29, 0.717) is 0 Å². The van der Waals surface area contributed by atoms with Gasteiger partial charge in [0.2, 0.25) is 0 Å². The maximum absolute atomic E-state index is 9.56. The third kappa shape index (κ3) is 9.45. The van der Waals surface area contributed by atoms with Crippen molar-refractivity contribution >= 4 is 5.78 Å². The molecule has 0 atom stereocenters. The van der Waals surface area contributed by atoms with E-state index in [2.05, 4.69) is 0 Å². The lowest BCUT2D eigenvalue weighted by molar-refractivity contribution is -0.119. The van der Waals surface area contributed by atoms with E-state index in [4.69, 9.17) is 5.11 Å². The zero-order valence-electron chi connectivity index (χ0n) is 3.56. The third-order valence-electron chi connectivity index (χ3n) is 0.223. The summed E-state index contributed by atoms with van der Waals surface area (Å²) in [4.78, 5) is 9.56. The molecule has 0 saturated carbocycles. The molecule has 0 saturated heterocycles. The number of aliphatic hydroxyl groups is 1. The highest BCUT2D eigenvalue weighted by atomic mass is 16.3. The maximum Gasteiger partial charge on any atom is 0.155 e. The van der Waals surface area contributed by atoms with Crippen molar-refractivity contribution in [3.8, 4) is 0 Å². The Morgan fingerprint density at radius 2 is 2.00 bits per heavy atom. The molecule has 0 aliphatic heterocycles. The average molecular weight is 86.1 g/mol. The molecule has 2 nitrogen and oxygen atoms in total. The fourth-order valence-corrected chi connectivity index (χ4v) is 0. The van der Waals surface area contributed by atoms with Gasteiger partial charge in [-0.25, -0.2) is 0 Å². The zero-order chi connectivity index (χ0) is 4.28. The normalized spacial score (nSPS) is 6.33. The molecule has 0 amide bonds. The van der Waals surface area contributed by atoms with Crippen molar-refractivity contribution in [1.29, 1.82) is 0 Å². The topological polar surface area (TPSA) is 37.3 Å². The number of Topliss-reactive ketones (excluding diaryl/α,β-unsaturated/α-hetero) is 1. The van der Waals surface area contributed by atoms with Crippen LogP contribution in [0.4, 0.5) is 0 Å². The van der Waals surface area contributed by atoms with Gasteiger partial charge in [-0.1, -0.05) is 0 Å². The summed E-state index contributed by atoms with van der Waals surface area (Å²) in [6, 6.07) is 0. The first-order valence-electron chi connectivity index (χ1n) is 1.37. The van der Waals surface area contributed by atoms with E-state index in [0.717, 1.165) is 0 Å². The summed E-state index contributed by atoms with van der Waals surface area (Å²) >= 11 is 0. The summed E-state index contributed by atoms with van der Waals surface area (Å²) in [7, 11) is 0. The molecule has 0 aliphatic rings. The van der Waals surface area contributed by atoms with Gasteiger partial charge in [-0.15, -0.1) is 0 Å². The van der Waals surface area contributed by atoms with Crippen molar-refractivity contribution in [2.24, 2.45) is 0 Å². The Morgan fingerprint density at radius 1 is 1.83 bits per heavy atom. The van der Waals surface area contributed by atoms with Crippen molar-refractivity contribution in [3.63, 3.8) is 0 Å². The van der Waals surface area contributed by atoms with Crippen molar-refractivity contribution in [3.05, 3.63) is 7.43 Å². The Morgan fingerprint density at radius 3 is 2.00 bits per heavy atom. The smallest absolute Gasteiger partial charge is 0.155 e. The second-order valence-corrected chi connectivity index (χ2v) is 0.860. The number of rotatable bonds is 1. The van der Waals surface area contributed by atoms with E-state index in [1.54, 1.807) is 0 Å². The Balaban J connectivity index is 0. The Labute approximate surface area is 37.8 Å². The van der Waals surface area contributed by atoms with Crippen molar-refractivity contribution in [1.82, 2.24) is 0 Å². The fraction of sp³-hybridized carbons (Fsp3) is 0.500. The van der Waals surface area contributed by atoms with E-state index in [-0.39, 0.29) is 19.8 Å². The summed E-state index contributed by atoms with van der Waals surface area (Å²) in [6.07, 6.45) is 0. The molecule has 0 spiro atoms. The summed E-state index contributed by atoms with van der Waals surface area (Å²) in [5.74, 6) is -0.190. The van der Waals surface area contributed by atoms with Gasteiger partial charge >= 0.3 is 0 Å². The number of hydrogen-bond donors (Lipinski definition) is 1. The van der Waals surface area contributed by atoms with Gasteiger partial charge in [0, 0.05) is 7.43 Å². The molecule has 0 aromatic carbocycles. The van der Waals surface area contributed by atoms with Crippen LogP contribution in [-0.4, -0.2) is 17.5 Å². The SMILES string of the molecule is CC(=O)CO.[C]. The second kappa shape index (κ2) is 4.63. The van der Waals surface area contributed by atoms with Gasteiger partial charge in [0.15, 0.2) is 5.78 Å². The molecule has 0 aromatic rings. The van der Waals surface area contributed by atoms with E-state index in [1.165, 1.54) is 6.92 Å². The van der Waals surface area contributed by atoms with Crippen LogP contribution in [0.5, 0.6) is 0 Å². The molecule has 0 fully saturated rings. The summed E-state index contributed by atoms with van der Waals surface area (Å²) in [6.45, 7) is 1.000. The first kappa shape index (κ1) is 9.16. The average Bonchev–Trinajstić information content (AvgIpc) is 1.38. The van der Waals surface area contributed by atoms with Crippen LogP contribution in [0.1, 0.15) is 6.92 Å². The lowest BCUT2D eigenvalue weighted by Crippen LogP contribution is -1.93. The van der Waals surface area contributed by atoms with E-state index in [9.17, 15) is 4.79 Å². The molecular formula is C4H6O2. The highest BCUT2D eigenvalue weighted by Gasteiger charge is 1.78. The van der Waals surface area contributed by atoms with Crippen LogP contribution < -0.4 is 0 Å². The Bertz CT molecular complexity index is 40.8. The van der Waals surface area contributed by atoms with Crippen LogP contribution >= 0.6 is 0 Å². The van der Waals surface area contributed by atoms with Crippen LogP contribution in [-0.2, 0) is 4.79 Å². The van der Waals surface area contributed by atoms with Crippen LogP contribution in [0, 0.1) is 7.43 Å². The molecule has 0 aromatic heterocycles. The minimum absolute atomic E-state index is 0. The first-order valence-corrected chi connectivity index (χ1v) is 1.37. The number of hydrogen-bond acceptors (Lipinski definition) is 2. The lowest BCUT2D eigenvalue weighted by atomic mass is 10.5. The first-order chi connectivity index (χ1) is 2.27. The number of aliphatic hydroxyl groups excluding tert-OH is 1. The maximum atomic E-state index is 9.56. The molecule has 0 rings (SSSR count). The largest absolute Gasteiger partial charge is 0.389 e. The zero-order valence-corrected chi connectivity index (χ0v) is 3.56. The molecular weight excluding hydrogens is 80.0 g/mol. The predicted octanol–water partition coefficient (Wildman–Crippen LogP) is -0.351. The third-order valence-corrected chi connectivity index (χ3v) is 0.223. The number of carbonyl (C=O) groups is 1. The van der Waals surface area contributed by atoms with Crippen molar-refractivity contribution in [2.45, 2.75) is 6.92 Å². The van der Waals surface area contributed by atoms with Crippen LogP contribution in [0.25, 0.3) is 0 Å². The van der Waals surface area contributed by atoms with Gasteiger partial charge in [0.25, 0.3) is 0 Å². The Hall–Kier alpha value is -0.370. The number of ketones is 1. The summed E-state index contributed by atoms with van der Waals surface area (Å²) in [5.41, 5.74) is 0. The molecule has 2 heteroatoms. The van der Waals surface area contributed by atoms with Gasteiger partial charge in [-0.05, 0) is 6.92 Å². The minimum Gasteiger partial charge on any atom is -0.389 e.